The predicted octanol–water partition coefficient (Wildman–Crippen LogP) is 8.30. The first kappa shape index (κ1) is 40.8. The van der Waals surface area contributed by atoms with Crippen LogP contribution >= 0.6 is 0 Å². The first-order valence-corrected chi connectivity index (χ1v) is 21.3. The molecule has 1 aromatic rings. The molecule has 3 N–H and O–H groups in total. The standard InChI is InChI=1S/C46H66N2O8/c1-25(2)34-30(49)23-46(48-39(54)42(7,8)47-36(50)26-16-21-55-24-26)20-19-44(10)27(35(34)46)12-13-32-43(9)17-15-33(41(5,6)31(43)14-18-45(32,44)11)56-38(53)29-22-28(37(51)52)40(29,3)4/h16,21,24-25,27-29,31-33H,12-15,17-20,22-23H2,1-11H3,(H,47,50)(H,48,54)(H,51,52)/t27-,28+,29?,31+,32-,33+,43+,44-,45-,46-/m1/s1. The lowest BCUT2D eigenvalue weighted by Gasteiger charge is -2.72. The third kappa shape index (κ3) is 5.71. The van der Waals surface area contributed by atoms with Crippen molar-refractivity contribution in [2.45, 2.75) is 158 Å². The highest BCUT2D eigenvalue weighted by Gasteiger charge is 2.71. The van der Waals surface area contributed by atoms with Gasteiger partial charge in [0.2, 0.25) is 5.91 Å². The summed E-state index contributed by atoms with van der Waals surface area (Å²) in [7, 11) is 0. The van der Waals surface area contributed by atoms with Crippen LogP contribution in [0.3, 0.4) is 0 Å². The zero-order chi connectivity index (χ0) is 41.2. The van der Waals surface area contributed by atoms with Crippen LogP contribution in [-0.4, -0.2) is 51.8 Å². The average molecular weight is 775 g/mol. The molecule has 10 nitrogen and oxygen atoms in total. The highest BCUT2D eigenvalue weighted by Crippen LogP contribution is 2.76. The molecule has 308 valence electrons. The largest absolute Gasteiger partial charge is 0.481 e. The van der Waals surface area contributed by atoms with E-state index in [1.807, 2.05) is 13.8 Å². The van der Waals surface area contributed by atoms with Gasteiger partial charge in [-0.15, -0.1) is 0 Å². The van der Waals surface area contributed by atoms with Crippen LogP contribution in [0.5, 0.6) is 0 Å². The third-order valence-electron chi connectivity index (χ3n) is 17.6. The van der Waals surface area contributed by atoms with Crippen molar-refractivity contribution in [2.75, 3.05) is 0 Å². The molecule has 10 atom stereocenters. The number of ketones is 1. The maximum Gasteiger partial charge on any atom is 0.309 e. The zero-order valence-corrected chi connectivity index (χ0v) is 35.6. The highest BCUT2D eigenvalue weighted by atomic mass is 16.5. The van der Waals surface area contributed by atoms with E-state index < -0.39 is 40.2 Å². The van der Waals surface area contributed by atoms with Crippen molar-refractivity contribution in [3.63, 3.8) is 0 Å². The Hall–Kier alpha value is -3.43. The number of carboxylic acids is 1. The van der Waals surface area contributed by atoms with Crippen LogP contribution in [0.2, 0.25) is 0 Å². The SMILES string of the molecule is CC(C)C1=C2[C@H]3CC[C@@H]4[C@@]5(C)CC[C@H](OC(=O)C6C[C@@H](C(=O)O)C6(C)C)C(C)(C)[C@@H]5CC[C@@]4(C)[C@]3(C)CC[C@@]2(NC(=O)C(C)(C)NC(=O)c2ccoc2)CC1=O. The molecule has 2 amide bonds. The Labute approximate surface area is 333 Å². The van der Waals surface area contributed by atoms with Crippen molar-refractivity contribution in [1.82, 2.24) is 10.6 Å². The number of ether oxygens (including phenoxy) is 1. The minimum Gasteiger partial charge on any atom is -0.481 e. The lowest BCUT2D eigenvalue weighted by Crippen LogP contribution is -2.68. The van der Waals surface area contributed by atoms with Gasteiger partial charge in [-0.3, -0.25) is 24.0 Å². The molecule has 0 saturated heterocycles. The van der Waals surface area contributed by atoms with Crippen LogP contribution in [-0.2, 0) is 23.9 Å². The van der Waals surface area contributed by atoms with Gasteiger partial charge in [0.15, 0.2) is 5.78 Å². The van der Waals surface area contributed by atoms with E-state index in [-0.39, 0.29) is 63.7 Å². The normalized spacial score (nSPS) is 39.7. The Morgan fingerprint density at radius 2 is 1.57 bits per heavy atom. The van der Waals surface area contributed by atoms with Gasteiger partial charge in [-0.2, -0.15) is 0 Å². The van der Waals surface area contributed by atoms with Gasteiger partial charge in [0.05, 0.1) is 29.2 Å². The van der Waals surface area contributed by atoms with Gasteiger partial charge in [-0.1, -0.05) is 62.3 Å². The number of hydrogen-bond donors (Lipinski definition) is 3. The Bertz CT molecular complexity index is 1860. The Balaban J connectivity index is 1.14. The Morgan fingerprint density at radius 3 is 2.18 bits per heavy atom. The number of carboxylic acid groups (broad SMARTS) is 1. The van der Waals surface area contributed by atoms with Crippen LogP contribution in [0.1, 0.15) is 151 Å². The maximum atomic E-state index is 14.2. The predicted molar refractivity (Wildman–Crippen MR) is 211 cm³/mol. The second-order valence-corrected chi connectivity index (χ2v) is 21.6. The van der Waals surface area contributed by atoms with Gasteiger partial charge in [0.25, 0.3) is 5.91 Å². The quantitative estimate of drug-likeness (QED) is 0.223. The monoisotopic (exact) mass is 774 g/mol. The lowest BCUT2D eigenvalue weighted by atomic mass is 9.33. The summed E-state index contributed by atoms with van der Waals surface area (Å²) in [4.78, 5) is 66.8. The van der Waals surface area contributed by atoms with Crippen LogP contribution in [0.15, 0.2) is 34.2 Å². The Kier molecular flexibility index (Phi) is 9.49. The van der Waals surface area contributed by atoms with Crippen molar-refractivity contribution in [1.29, 1.82) is 0 Å². The van der Waals surface area contributed by atoms with E-state index >= 15 is 0 Å². The molecule has 1 aromatic heterocycles. The minimum atomic E-state index is -1.23. The fraction of sp³-hybridized carbons (Fsp3) is 0.761. The average Bonchev–Trinajstić information content (AvgIpc) is 3.72. The topological polar surface area (TPSA) is 152 Å². The number of aliphatic carboxylic acids is 1. The van der Waals surface area contributed by atoms with Crippen molar-refractivity contribution >= 4 is 29.5 Å². The number of Topliss-reactive ketones (excluding diaryl/α,β-unsaturated/α-hetero) is 1. The van der Waals surface area contributed by atoms with E-state index in [1.165, 1.54) is 12.5 Å². The maximum absolute atomic E-state index is 14.2. The molecule has 0 radical (unpaired) electrons. The summed E-state index contributed by atoms with van der Waals surface area (Å²) in [5.41, 5.74) is -0.621. The number of esters is 1. The molecule has 0 spiro atoms. The molecule has 10 heteroatoms. The number of amides is 2. The fourth-order valence-electron chi connectivity index (χ4n) is 14.1. The van der Waals surface area contributed by atoms with E-state index in [2.05, 4.69) is 59.1 Å². The van der Waals surface area contributed by atoms with Crippen molar-refractivity contribution < 1.29 is 38.2 Å². The van der Waals surface area contributed by atoms with Gasteiger partial charge < -0.3 is 24.9 Å². The molecule has 5 fully saturated rings. The summed E-state index contributed by atoms with van der Waals surface area (Å²) < 4.78 is 11.5. The van der Waals surface area contributed by atoms with E-state index in [0.717, 1.165) is 56.1 Å². The number of carbonyl (C=O) groups is 5. The molecule has 56 heavy (non-hydrogen) atoms. The summed E-state index contributed by atoms with van der Waals surface area (Å²) in [6, 6.07) is 1.57. The number of furan rings is 1. The van der Waals surface area contributed by atoms with Gasteiger partial charge in [-0.25, -0.2) is 0 Å². The number of hydrogen-bond acceptors (Lipinski definition) is 7. The first-order chi connectivity index (χ1) is 25.9. The number of allylic oxidation sites excluding steroid dienone is 1. The molecule has 0 bridgehead atoms. The van der Waals surface area contributed by atoms with Gasteiger partial charge in [0, 0.05) is 11.8 Å². The highest BCUT2D eigenvalue weighted by molar-refractivity contribution is 6.03. The second kappa shape index (κ2) is 13.0. The minimum absolute atomic E-state index is 0.0166. The molecule has 1 heterocycles. The summed E-state index contributed by atoms with van der Waals surface area (Å²) in [5.74, 6) is -1.65. The molecule has 6 aliphatic carbocycles. The third-order valence-corrected chi connectivity index (χ3v) is 17.6. The van der Waals surface area contributed by atoms with Crippen molar-refractivity contribution in [3.8, 4) is 0 Å². The fourth-order valence-corrected chi connectivity index (χ4v) is 14.1. The van der Waals surface area contributed by atoms with E-state index in [1.54, 1.807) is 19.9 Å². The second-order valence-electron chi connectivity index (χ2n) is 21.6. The summed E-state index contributed by atoms with van der Waals surface area (Å²) >= 11 is 0. The molecule has 1 unspecified atom stereocenters. The van der Waals surface area contributed by atoms with Gasteiger partial charge in [0.1, 0.15) is 17.9 Å². The molecule has 0 aromatic carbocycles. The van der Waals surface area contributed by atoms with Gasteiger partial charge in [-0.05, 0) is 134 Å². The van der Waals surface area contributed by atoms with Crippen LogP contribution in [0.25, 0.3) is 0 Å². The molecular formula is C46H66N2O8. The molecule has 7 rings (SSSR count). The van der Waals surface area contributed by atoms with E-state index in [0.29, 0.717) is 30.2 Å². The summed E-state index contributed by atoms with van der Waals surface area (Å²) in [6.45, 7) is 23.4. The zero-order valence-electron chi connectivity index (χ0n) is 35.6. The van der Waals surface area contributed by atoms with Crippen LogP contribution in [0, 0.1) is 62.6 Å². The Morgan fingerprint density at radius 1 is 0.875 bits per heavy atom. The van der Waals surface area contributed by atoms with Gasteiger partial charge >= 0.3 is 11.9 Å². The summed E-state index contributed by atoms with van der Waals surface area (Å²) in [6.07, 6.45) is 10.5. The molecule has 5 saturated carbocycles. The summed E-state index contributed by atoms with van der Waals surface area (Å²) in [5, 5.41) is 16.0. The number of nitrogens with one attached hydrogen (secondary N) is 2. The van der Waals surface area contributed by atoms with Crippen LogP contribution in [0.4, 0.5) is 0 Å². The smallest absolute Gasteiger partial charge is 0.309 e. The molecular weight excluding hydrogens is 709 g/mol. The number of rotatable bonds is 8. The van der Waals surface area contributed by atoms with E-state index in [9.17, 15) is 29.1 Å². The van der Waals surface area contributed by atoms with Crippen LogP contribution < -0.4 is 10.6 Å². The van der Waals surface area contributed by atoms with E-state index in [4.69, 9.17) is 9.15 Å². The molecule has 6 aliphatic rings. The first-order valence-electron chi connectivity index (χ1n) is 21.3. The van der Waals surface area contributed by atoms with Crippen molar-refractivity contribution in [3.05, 3.63) is 35.3 Å². The lowest BCUT2D eigenvalue weighted by molar-refractivity contribution is -0.235. The number of carbonyl (C=O) groups excluding carboxylic acids is 4. The molecule has 0 aliphatic heterocycles. The van der Waals surface area contributed by atoms with Crippen molar-refractivity contribution in [2.24, 2.45) is 62.6 Å². The number of fused-ring (bicyclic) bond motifs is 7.